The van der Waals surface area contributed by atoms with E-state index in [-0.39, 0.29) is 39.5 Å². The number of imide groups is 1. The second kappa shape index (κ2) is 11.0. The molecule has 1 atom stereocenters. The van der Waals surface area contributed by atoms with Crippen LogP contribution in [0.5, 0.6) is 0 Å². The van der Waals surface area contributed by atoms with E-state index in [4.69, 9.17) is 23.2 Å². The summed E-state index contributed by atoms with van der Waals surface area (Å²) in [5.41, 5.74) is 1.63. The summed E-state index contributed by atoms with van der Waals surface area (Å²) in [6.45, 7) is 1.30. The average molecular weight is 560 g/mol. The van der Waals surface area contributed by atoms with Crippen molar-refractivity contribution in [2.75, 3.05) is 16.8 Å². The number of amides is 3. The quantitative estimate of drug-likeness (QED) is 0.408. The Bertz CT molecular complexity index is 1450. The Morgan fingerprint density at radius 1 is 1.03 bits per heavy atom. The summed E-state index contributed by atoms with van der Waals surface area (Å²) in [5, 5.41) is 2.74. The summed E-state index contributed by atoms with van der Waals surface area (Å²) < 4.78 is 28.7. The van der Waals surface area contributed by atoms with Gasteiger partial charge < -0.3 is 5.32 Å². The zero-order chi connectivity index (χ0) is 26.7. The van der Waals surface area contributed by atoms with Crippen LogP contribution < -0.4 is 10.2 Å². The van der Waals surface area contributed by atoms with E-state index in [1.54, 1.807) is 12.1 Å². The SMILES string of the molecule is CC(=O)Nc1ccc(N2C(=O)CC(N(CCc3ccccc3)S(=O)(=O)c3cc(Cl)ccc3Cl)C2=O)cc1. The number of carbonyl (C=O) groups excluding carboxylic acids is 3. The second-order valence-electron chi connectivity index (χ2n) is 8.44. The first-order chi connectivity index (χ1) is 17.6. The van der Waals surface area contributed by atoms with E-state index in [0.717, 1.165) is 14.8 Å². The molecule has 1 aliphatic heterocycles. The number of sulfonamides is 1. The Kier molecular flexibility index (Phi) is 7.99. The van der Waals surface area contributed by atoms with Crippen LogP contribution in [-0.2, 0) is 30.8 Å². The van der Waals surface area contributed by atoms with Crippen molar-refractivity contribution in [1.82, 2.24) is 4.31 Å². The van der Waals surface area contributed by atoms with Crippen LogP contribution in [0.25, 0.3) is 0 Å². The van der Waals surface area contributed by atoms with Crippen molar-refractivity contribution in [3.63, 3.8) is 0 Å². The van der Waals surface area contributed by atoms with Crippen LogP contribution >= 0.6 is 23.2 Å². The number of halogens is 2. The van der Waals surface area contributed by atoms with Gasteiger partial charge in [0.1, 0.15) is 10.9 Å². The largest absolute Gasteiger partial charge is 0.326 e. The van der Waals surface area contributed by atoms with Gasteiger partial charge in [-0.1, -0.05) is 53.5 Å². The lowest BCUT2D eigenvalue weighted by molar-refractivity contribution is -0.122. The molecule has 1 unspecified atom stereocenters. The van der Waals surface area contributed by atoms with Gasteiger partial charge in [0, 0.05) is 24.2 Å². The van der Waals surface area contributed by atoms with Crippen molar-refractivity contribution < 1.29 is 22.8 Å². The smallest absolute Gasteiger partial charge is 0.252 e. The van der Waals surface area contributed by atoms with E-state index in [0.29, 0.717) is 12.1 Å². The highest BCUT2D eigenvalue weighted by Crippen LogP contribution is 2.33. The molecule has 4 rings (SSSR count). The Balaban J connectivity index is 1.69. The van der Waals surface area contributed by atoms with Crippen LogP contribution in [0.3, 0.4) is 0 Å². The number of rotatable bonds is 8. The zero-order valence-electron chi connectivity index (χ0n) is 19.7. The molecule has 1 saturated heterocycles. The van der Waals surface area contributed by atoms with Gasteiger partial charge in [0.2, 0.25) is 21.8 Å². The number of anilines is 2. The zero-order valence-corrected chi connectivity index (χ0v) is 22.1. The fourth-order valence-corrected chi connectivity index (χ4v) is 6.46. The van der Waals surface area contributed by atoms with Gasteiger partial charge in [-0.05, 0) is 54.4 Å². The summed E-state index contributed by atoms with van der Waals surface area (Å²) in [5.74, 6) is -1.48. The molecule has 192 valence electrons. The van der Waals surface area contributed by atoms with Crippen molar-refractivity contribution >= 4 is 62.3 Å². The van der Waals surface area contributed by atoms with E-state index < -0.39 is 27.9 Å². The van der Waals surface area contributed by atoms with Crippen LogP contribution in [0.15, 0.2) is 77.7 Å². The van der Waals surface area contributed by atoms with E-state index in [9.17, 15) is 22.8 Å². The van der Waals surface area contributed by atoms with E-state index in [1.807, 2.05) is 30.3 Å². The number of benzene rings is 3. The van der Waals surface area contributed by atoms with Crippen LogP contribution in [-0.4, -0.2) is 43.0 Å². The van der Waals surface area contributed by atoms with Gasteiger partial charge in [0.25, 0.3) is 5.91 Å². The van der Waals surface area contributed by atoms with Crippen LogP contribution in [0.4, 0.5) is 11.4 Å². The molecular weight excluding hydrogens is 537 g/mol. The first kappa shape index (κ1) is 26.8. The van der Waals surface area contributed by atoms with Gasteiger partial charge in [0.15, 0.2) is 0 Å². The Labute approximate surface area is 224 Å². The Morgan fingerprint density at radius 2 is 1.70 bits per heavy atom. The average Bonchev–Trinajstić information content (AvgIpc) is 3.14. The molecule has 11 heteroatoms. The van der Waals surface area contributed by atoms with Gasteiger partial charge >= 0.3 is 0 Å². The summed E-state index contributed by atoms with van der Waals surface area (Å²) >= 11 is 12.3. The molecule has 0 saturated carbocycles. The fourth-order valence-electron chi connectivity index (χ4n) is 4.14. The first-order valence-electron chi connectivity index (χ1n) is 11.3. The van der Waals surface area contributed by atoms with Crippen LogP contribution in [0, 0.1) is 0 Å². The van der Waals surface area contributed by atoms with Gasteiger partial charge in [-0.2, -0.15) is 4.31 Å². The summed E-state index contributed by atoms with van der Waals surface area (Å²) in [7, 11) is -4.32. The minimum Gasteiger partial charge on any atom is -0.326 e. The maximum atomic E-state index is 13.8. The molecular formula is C26H23Cl2N3O5S. The minimum absolute atomic E-state index is 0.0451. The molecule has 1 heterocycles. The topological polar surface area (TPSA) is 104 Å². The number of nitrogens with one attached hydrogen (secondary N) is 1. The molecule has 1 aliphatic rings. The second-order valence-corrected chi connectivity index (χ2v) is 11.1. The predicted octanol–water partition coefficient (Wildman–Crippen LogP) is 4.52. The monoisotopic (exact) mass is 559 g/mol. The number of carbonyl (C=O) groups is 3. The molecule has 3 aromatic carbocycles. The van der Waals surface area contributed by atoms with E-state index >= 15 is 0 Å². The molecule has 1 N–H and O–H groups in total. The normalized spacial score (nSPS) is 15.9. The third-order valence-electron chi connectivity index (χ3n) is 5.86. The van der Waals surface area contributed by atoms with Gasteiger partial charge in [-0.3, -0.25) is 14.4 Å². The maximum absolute atomic E-state index is 13.8. The number of hydrogen-bond donors (Lipinski definition) is 1. The van der Waals surface area contributed by atoms with E-state index in [2.05, 4.69) is 5.32 Å². The minimum atomic E-state index is -4.32. The molecule has 3 amide bonds. The van der Waals surface area contributed by atoms with Crippen LogP contribution in [0.2, 0.25) is 10.0 Å². The maximum Gasteiger partial charge on any atom is 0.252 e. The van der Waals surface area contributed by atoms with Crippen molar-refractivity contribution in [3.8, 4) is 0 Å². The fraction of sp³-hybridized carbons (Fsp3) is 0.192. The molecule has 0 aliphatic carbocycles. The lowest BCUT2D eigenvalue weighted by atomic mass is 10.1. The molecule has 1 fully saturated rings. The van der Waals surface area contributed by atoms with Crippen molar-refractivity contribution in [2.24, 2.45) is 0 Å². The van der Waals surface area contributed by atoms with E-state index in [1.165, 1.54) is 37.3 Å². The third kappa shape index (κ3) is 5.86. The van der Waals surface area contributed by atoms with Gasteiger partial charge in [0.05, 0.1) is 17.1 Å². The number of nitrogens with zero attached hydrogens (tertiary/aromatic N) is 2. The van der Waals surface area contributed by atoms with Crippen molar-refractivity contribution in [2.45, 2.75) is 30.7 Å². The molecule has 0 aromatic heterocycles. The summed E-state index contributed by atoms with van der Waals surface area (Å²) in [4.78, 5) is 38.5. The molecule has 8 nitrogen and oxygen atoms in total. The lowest BCUT2D eigenvalue weighted by Crippen LogP contribution is -2.46. The predicted molar refractivity (Wildman–Crippen MR) is 142 cm³/mol. The van der Waals surface area contributed by atoms with Gasteiger partial charge in [-0.25, -0.2) is 13.3 Å². The molecule has 0 radical (unpaired) electrons. The molecule has 0 spiro atoms. The molecule has 3 aromatic rings. The van der Waals surface area contributed by atoms with Crippen molar-refractivity contribution in [3.05, 3.63) is 88.4 Å². The highest BCUT2D eigenvalue weighted by molar-refractivity contribution is 7.89. The summed E-state index contributed by atoms with van der Waals surface area (Å²) in [6.07, 6.45) is -0.0277. The highest BCUT2D eigenvalue weighted by atomic mass is 35.5. The lowest BCUT2D eigenvalue weighted by Gasteiger charge is -2.27. The standard InChI is InChI=1S/C26H23Cl2N3O5S/c1-17(32)29-20-8-10-21(11-9-20)31-25(33)16-23(26(31)34)30(14-13-18-5-3-2-4-6-18)37(35,36)24-15-19(27)7-12-22(24)28/h2-12,15,23H,13-14,16H2,1H3,(H,29,32). The molecule has 37 heavy (non-hydrogen) atoms. The summed E-state index contributed by atoms with van der Waals surface area (Å²) in [6, 6.07) is 18.1. The van der Waals surface area contributed by atoms with Crippen molar-refractivity contribution in [1.29, 1.82) is 0 Å². The molecule has 0 bridgehead atoms. The number of hydrogen-bond acceptors (Lipinski definition) is 5. The van der Waals surface area contributed by atoms with Gasteiger partial charge in [-0.15, -0.1) is 0 Å². The highest BCUT2D eigenvalue weighted by Gasteiger charge is 2.47. The van der Waals surface area contributed by atoms with Crippen LogP contribution in [0.1, 0.15) is 18.9 Å². The Hall–Kier alpha value is -3.24. The third-order valence-corrected chi connectivity index (χ3v) is 8.48. The Morgan fingerprint density at radius 3 is 2.35 bits per heavy atom. The first-order valence-corrected chi connectivity index (χ1v) is 13.5.